The number of nitrogens with zero attached hydrogens (tertiary/aromatic N) is 1. The van der Waals surface area contributed by atoms with Gasteiger partial charge in [0, 0.05) is 19.0 Å². The van der Waals surface area contributed by atoms with Crippen molar-refractivity contribution in [2.75, 3.05) is 20.2 Å². The van der Waals surface area contributed by atoms with Crippen molar-refractivity contribution in [1.29, 1.82) is 0 Å². The lowest BCUT2D eigenvalue weighted by atomic mass is 9.86. The molecule has 2 unspecified atom stereocenters. The Bertz CT molecular complexity index is 667. The van der Waals surface area contributed by atoms with Crippen molar-refractivity contribution >= 4 is 14.4 Å². The normalized spacial score (nSPS) is 20.0. The fraction of sp³-hybridized carbons (Fsp3) is 0.720. The van der Waals surface area contributed by atoms with E-state index >= 15 is 0 Å². The standard InChI is InChI=1S/C25H43NO4Si/c1-9-10-21-11-13-22(14-12-21)23-15-16-26(25(27)29-28-8)17-24(23)30-31(18(2)3,19(4)5)20(6)7/h11-14,18-20,23-24H,9-10,15-17H2,1-8H3. The zero-order valence-electron chi connectivity index (χ0n) is 20.8. The molecule has 0 aromatic heterocycles. The van der Waals surface area contributed by atoms with E-state index in [2.05, 4.69) is 77.6 Å². The number of piperidine rings is 1. The summed E-state index contributed by atoms with van der Waals surface area (Å²) in [6, 6.07) is 9.02. The van der Waals surface area contributed by atoms with Gasteiger partial charge in [0.15, 0.2) is 0 Å². The Kier molecular flexibility index (Phi) is 9.59. The number of hydrogen-bond donors (Lipinski definition) is 0. The third-order valence-electron chi connectivity index (χ3n) is 6.98. The van der Waals surface area contributed by atoms with Crippen molar-refractivity contribution < 1.29 is 19.0 Å². The van der Waals surface area contributed by atoms with E-state index in [1.54, 1.807) is 4.90 Å². The molecule has 5 nitrogen and oxygen atoms in total. The Morgan fingerprint density at radius 1 is 1.06 bits per heavy atom. The van der Waals surface area contributed by atoms with E-state index in [4.69, 9.17) is 9.31 Å². The van der Waals surface area contributed by atoms with Gasteiger partial charge in [0.2, 0.25) is 8.32 Å². The molecule has 6 heteroatoms. The number of carbonyl (C=O) groups excluding carboxylic acids is 1. The Balaban J connectivity index is 2.38. The molecule has 31 heavy (non-hydrogen) atoms. The van der Waals surface area contributed by atoms with Gasteiger partial charge in [-0.05, 0) is 40.6 Å². The van der Waals surface area contributed by atoms with E-state index in [0.29, 0.717) is 29.7 Å². The summed E-state index contributed by atoms with van der Waals surface area (Å²) in [5.41, 5.74) is 4.15. The molecular formula is C25H43NO4Si. The second-order valence-electron chi connectivity index (χ2n) is 9.82. The van der Waals surface area contributed by atoms with Crippen LogP contribution >= 0.6 is 0 Å². The van der Waals surface area contributed by atoms with Crippen molar-refractivity contribution in [3.63, 3.8) is 0 Å². The molecule has 1 heterocycles. The predicted octanol–water partition coefficient (Wildman–Crippen LogP) is 6.69. The summed E-state index contributed by atoms with van der Waals surface area (Å²) in [4.78, 5) is 23.6. The Hall–Kier alpha value is -1.37. The second-order valence-corrected chi connectivity index (χ2v) is 15.2. The van der Waals surface area contributed by atoms with Crippen LogP contribution in [0, 0.1) is 0 Å². The number of likely N-dealkylation sites (tertiary alicyclic amines) is 1. The molecule has 0 aliphatic carbocycles. The first kappa shape index (κ1) is 25.9. The highest BCUT2D eigenvalue weighted by atomic mass is 28.4. The largest absolute Gasteiger partial charge is 0.441 e. The van der Waals surface area contributed by atoms with Crippen molar-refractivity contribution in [3.8, 4) is 0 Å². The molecule has 1 aliphatic rings. The lowest BCUT2D eigenvalue weighted by Crippen LogP contribution is -2.56. The first-order valence-corrected chi connectivity index (χ1v) is 14.1. The van der Waals surface area contributed by atoms with E-state index in [1.165, 1.54) is 18.2 Å². The number of rotatable bonds is 9. The summed E-state index contributed by atoms with van der Waals surface area (Å²) < 4.78 is 7.22. The minimum Gasteiger partial charge on any atom is -0.411 e. The van der Waals surface area contributed by atoms with E-state index in [-0.39, 0.29) is 12.0 Å². The Labute approximate surface area is 190 Å². The summed E-state index contributed by atoms with van der Waals surface area (Å²) in [7, 11) is -0.740. The molecule has 1 amide bonds. The third kappa shape index (κ3) is 5.91. The quantitative estimate of drug-likeness (QED) is 0.239. The molecule has 2 atom stereocenters. The molecule has 1 aromatic rings. The molecule has 0 N–H and O–H groups in total. The van der Waals surface area contributed by atoms with E-state index in [1.807, 2.05) is 0 Å². The minimum atomic E-state index is -2.11. The lowest BCUT2D eigenvalue weighted by Gasteiger charge is -2.48. The lowest BCUT2D eigenvalue weighted by molar-refractivity contribution is -0.222. The van der Waals surface area contributed by atoms with Crippen molar-refractivity contribution in [1.82, 2.24) is 4.90 Å². The second kappa shape index (κ2) is 11.5. The van der Waals surface area contributed by atoms with Gasteiger partial charge in [-0.3, -0.25) is 4.89 Å². The number of carbonyl (C=O) groups is 1. The average Bonchev–Trinajstić information content (AvgIpc) is 2.72. The monoisotopic (exact) mass is 449 g/mol. The Morgan fingerprint density at radius 3 is 2.13 bits per heavy atom. The molecule has 0 spiro atoms. The maximum absolute atomic E-state index is 12.4. The van der Waals surface area contributed by atoms with Crippen molar-refractivity contribution in [2.45, 2.75) is 96.4 Å². The number of amides is 1. The van der Waals surface area contributed by atoms with E-state index < -0.39 is 14.4 Å². The van der Waals surface area contributed by atoms with Crippen LogP contribution in [0.25, 0.3) is 0 Å². The maximum Gasteiger partial charge on any atom is 0.441 e. The maximum atomic E-state index is 12.4. The van der Waals surface area contributed by atoms with Gasteiger partial charge in [0.05, 0.1) is 13.2 Å². The van der Waals surface area contributed by atoms with Gasteiger partial charge >= 0.3 is 6.09 Å². The summed E-state index contributed by atoms with van der Waals surface area (Å²) in [5, 5.41) is 0. The fourth-order valence-electron chi connectivity index (χ4n) is 5.60. The van der Waals surface area contributed by atoms with Gasteiger partial charge in [-0.2, -0.15) is 4.89 Å². The Morgan fingerprint density at radius 2 is 1.65 bits per heavy atom. The summed E-state index contributed by atoms with van der Waals surface area (Å²) in [5.74, 6) is 0.269. The zero-order chi connectivity index (χ0) is 23.2. The van der Waals surface area contributed by atoms with Gasteiger partial charge in [-0.1, -0.05) is 79.2 Å². The molecule has 1 aliphatic heterocycles. The molecule has 1 fully saturated rings. The molecule has 1 saturated heterocycles. The van der Waals surface area contributed by atoms with Gasteiger partial charge < -0.3 is 9.33 Å². The summed E-state index contributed by atoms with van der Waals surface area (Å²) >= 11 is 0. The summed E-state index contributed by atoms with van der Waals surface area (Å²) in [6.07, 6.45) is 2.63. The first-order valence-electron chi connectivity index (χ1n) is 11.9. The van der Waals surface area contributed by atoms with Crippen LogP contribution in [0.15, 0.2) is 24.3 Å². The van der Waals surface area contributed by atoms with Gasteiger partial charge in [0.1, 0.15) is 0 Å². The van der Waals surface area contributed by atoms with Gasteiger partial charge in [-0.15, -0.1) is 0 Å². The molecule has 2 rings (SSSR count). The molecule has 0 radical (unpaired) electrons. The SMILES string of the molecule is CCCc1ccc(C2CCN(C(=O)OOC)CC2O[Si](C(C)C)(C(C)C)C(C)C)cc1. The average molecular weight is 450 g/mol. The predicted molar refractivity (Wildman–Crippen MR) is 129 cm³/mol. The number of benzene rings is 1. The van der Waals surface area contributed by atoms with Gasteiger partial charge in [0.25, 0.3) is 0 Å². The van der Waals surface area contributed by atoms with Crippen LogP contribution in [-0.2, 0) is 20.6 Å². The summed E-state index contributed by atoms with van der Waals surface area (Å²) in [6.45, 7) is 17.2. The van der Waals surface area contributed by atoms with Crippen LogP contribution in [0.5, 0.6) is 0 Å². The van der Waals surface area contributed by atoms with E-state index in [0.717, 1.165) is 19.3 Å². The molecule has 0 bridgehead atoms. The topological polar surface area (TPSA) is 48.0 Å². The highest BCUT2D eigenvalue weighted by molar-refractivity contribution is 6.77. The highest BCUT2D eigenvalue weighted by Crippen LogP contribution is 2.45. The number of aryl methyl sites for hydroxylation is 1. The highest BCUT2D eigenvalue weighted by Gasteiger charge is 2.49. The molecule has 176 valence electrons. The van der Waals surface area contributed by atoms with Gasteiger partial charge in [-0.25, -0.2) is 4.79 Å². The van der Waals surface area contributed by atoms with Crippen molar-refractivity contribution in [3.05, 3.63) is 35.4 Å². The first-order chi connectivity index (χ1) is 14.7. The zero-order valence-corrected chi connectivity index (χ0v) is 21.8. The third-order valence-corrected chi connectivity index (χ3v) is 13.1. The van der Waals surface area contributed by atoms with Crippen LogP contribution in [-0.4, -0.2) is 45.6 Å². The fourth-order valence-corrected chi connectivity index (χ4v) is 11.2. The van der Waals surface area contributed by atoms with Crippen LogP contribution < -0.4 is 0 Å². The number of hydrogen-bond acceptors (Lipinski definition) is 4. The molecule has 0 saturated carbocycles. The molecular weight excluding hydrogens is 406 g/mol. The van der Waals surface area contributed by atoms with Crippen LogP contribution in [0.1, 0.15) is 78.4 Å². The van der Waals surface area contributed by atoms with E-state index in [9.17, 15) is 4.79 Å². The van der Waals surface area contributed by atoms with Crippen LogP contribution in [0.4, 0.5) is 4.79 Å². The van der Waals surface area contributed by atoms with Crippen LogP contribution in [0.3, 0.4) is 0 Å². The van der Waals surface area contributed by atoms with Crippen molar-refractivity contribution in [2.24, 2.45) is 0 Å². The smallest absolute Gasteiger partial charge is 0.411 e. The minimum absolute atomic E-state index is 0.0472. The molecule has 1 aromatic carbocycles. The van der Waals surface area contributed by atoms with Crippen LogP contribution in [0.2, 0.25) is 16.6 Å².